The fraction of sp³-hybridized carbons (Fsp3) is 0.118. The largest absolute Gasteiger partial charge is 0.507 e. The number of aromatic hydroxyl groups is 2. The maximum Gasteiger partial charge on any atom is 0.205 e. The molecule has 0 saturated heterocycles. The van der Waals surface area contributed by atoms with Gasteiger partial charge in [-0.2, -0.15) is 0 Å². The zero-order valence-electron chi connectivity index (χ0n) is 11.9. The van der Waals surface area contributed by atoms with Gasteiger partial charge in [-0.1, -0.05) is 30.3 Å². The number of fused-ring (bicyclic) bond motifs is 1. The topological polar surface area (TPSA) is 79.9 Å². The van der Waals surface area contributed by atoms with Gasteiger partial charge in [0, 0.05) is 17.7 Å². The molecule has 2 aromatic carbocycles. The minimum Gasteiger partial charge on any atom is -0.507 e. The van der Waals surface area contributed by atoms with Crippen molar-refractivity contribution in [2.45, 2.75) is 6.92 Å². The molecular weight excluding hydrogens is 284 g/mol. The van der Waals surface area contributed by atoms with E-state index in [2.05, 4.69) is 0 Å². The Kier molecular flexibility index (Phi) is 3.47. The first-order chi connectivity index (χ1) is 10.6. The molecule has 3 aromatic rings. The molecule has 0 amide bonds. The fourth-order valence-electron chi connectivity index (χ4n) is 2.31. The van der Waals surface area contributed by atoms with Crippen molar-refractivity contribution in [2.75, 3.05) is 6.61 Å². The van der Waals surface area contributed by atoms with Crippen LogP contribution in [-0.2, 0) is 0 Å². The molecule has 0 unspecified atom stereocenters. The third kappa shape index (κ3) is 2.26. The molecule has 2 N–H and O–H groups in total. The van der Waals surface area contributed by atoms with Crippen LogP contribution in [0, 0.1) is 0 Å². The number of hydrogen-bond donors (Lipinski definition) is 2. The lowest BCUT2D eigenvalue weighted by molar-refractivity contribution is 0.315. The Bertz CT molecular complexity index is 881. The lowest BCUT2D eigenvalue weighted by atomic mass is 10.1. The SMILES string of the molecule is CCOc1c(O)cc(O)c2c(=O)cc(-c3ccccc3)oc12. The maximum atomic E-state index is 12.3. The van der Waals surface area contributed by atoms with Crippen molar-refractivity contribution >= 4 is 11.0 Å². The minimum absolute atomic E-state index is 0.0130. The number of benzene rings is 2. The van der Waals surface area contributed by atoms with Crippen LogP contribution in [0.1, 0.15) is 6.92 Å². The number of rotatable bonds is 3. The van der Waals surface area contributed by atoms with Crippen LogP contribution >= 0.6 is 0 Å². The molecule has 1 heterocycles. The van der Waals surface area contributed by atoms with Crippen molar-refractivity contribution in [3.8, 4) is 28.6 Å². The standard InChI is InChI=1S/C17H14O5/c1-2-21-16-13(20)8-11(18)15-12(19)9-14(22-17(15)16)10-6-4-3-5-7-10/h3-9,18,20H,2H2,1H3. The monoisotopic (exact) mass is 298 g/mol. The maximum absolute atomic E-state index is 12.3. The number of phenols is 2. The molecule has 5 heteroatoms. The highest BCUT2D eigenvalue weighted by molar-refractivity contribution is 5.91. The molecule has 0 spiro atoms. The molecule has 0 aliphatic carbocycles. The number of ether oxygens (including phenoxy) is 1. The van der Waals surface area contributed by atoms with E-state index in [-0.39, 0.29) is 34.8 Å². The highest BCUT2D eigenvalue weighted by Gasteiger charge is 2.19. The van der Waals surface area contributed by atoms with Gasteiger partial charge >= 0.3 is 0 Å². The highest BCUT2D eigenvalue weighted by atomic mass is 16.5. The Balaban J connectivity index is 2.37. The van der Waals surface area contributed by atoms with Crippen LogP contribution in [0.15, 0.2) is 51.7 Å². The van der Waals surface area contributed by atoms with E-state index in [9.17, 15) is 15.0 Å². The van der Waals surface area contributed by atoms with Gasteiger partial charge in [0.05, 0.1) is 6.61 Å². The van der Waals surface area contributed by atoms with Crippen LogP contribution in [0.25, 0.3) is 22.3 Å². The molecule has 0 radical (unpaired) electrons. The molecule has 0 saturated carbocycles. The van der Waals surface area contributed by atoms with Crippen LogP contribution in [0.4, 0.5) is 0 Å². The lowest BCUT2D eigenvalue weighted by Gasteiger charge is -2.11. The molecule has 0 aliphatic heterocycles. The van der Waals surface area contributed by atoms with Crippen LogP contribution in [0.5, 0.6) is 17.2 Å². The van der Waals surface area contributed by atoms with Crippen LogP contribution in [-0.4, -0.2) is 16.8 Å². The summed E-state index contributed by atoms with van der Waals surface area (Å²) in [5.41, 5.74) is 0.344. The van der Waals surface area contributed by atoms with E-state index >= 15 is 0 Å². The zero-order chi connectivity index (χ0) is 15.7. The summed E-state index contributed by atoms with van der Waals surface area (Å²) in [5, 5.41) is 19.8. The highest BCUT2D eigenvalue weighted by Crippen LogP contribution is 2.40. The Morgan fingerprint density at radius 2 is 1.82 bits per heavy atom. The van der Waals surface area contributed by atoms with Crippen LogP contribution in [0.3, 0.4) is 0 Å². The van der Waals surface area contributed by atoms with E-state index in [0.717, 1.165) is 6.07 Å². The third-order valence-electron chi connectivity index (χ3n) is 3.26. The predicted octanol–water partition coefficient (Wildman–Crippen LogP) is 3.27. The third-order valence-corrected chi connectivity index (χ3v) is 3.26. The van der Waals surface area contributed by atoms with E-state index in [0.29, 0.717) is 11.3 Å². The summed E-state index contributed by atoms with van der Waals surface area (Å²) in [6.07, 6.45) is 0. The summed E-state index contributed by atoms with van der Waals surface area (Å²) >= 11 is 0. The first-order valence-electron chi connectivity index (χ1n) is 6.82. The van der Waals surface area contributed by atoms with Crippen LogP contribution in [0.2, 0.25) is 0 Å². The van der Waals surface area contributed by atoms with Gasteiger partial charge in [-0.05, 0) is 6.92 Å². The van der Waals surface area contributed by atoms with Crippen molar-refractivity contribution in [3.63, 3.8) is 0 Å². The zero-order valence-corrected chi connectivity index (χ0v) is 11.9. The summed E-state index contributed by atoms with van der Waals surface area (Å²) in [4.78, 5) is 12.3. The summed E-state index contributed by atoms with van der Waals surface area (Å²) in [6, 6.07) is 11.5. The average molecular weight is 298 g/mol. The van der Waals surface area contributed by atoms with Crippen molar-refractivity contribution in [1.82, 2.24) is 0 Å². The van der Waals surface area contributed by atoms with Gasteiger partial charge in [-0.15, -0.1) is 0 Å². The van der Waals surface area contributed by atoms with Crippen LogP contribution < -0.4 is 10.2 Å². The molecule has 0 aliphatic rings. The Morgan fingerprint density at radius 3 is 2.50 bits per heavy atom. The van der Waals surface area contributed by atoms with E-state index in [1.807, 2.05) is 18.2 Å². The normalized spacial score (nSPS) is 10.8. The van der Waals surface area contributed by atoms with Crippen molar-refractivity contribution in [3.05, 3.63) is 52.7 Å². The summed E-state index contributed by atoms with van der Waals surface area (Å²) in [5.74, 6) is -0.237. The second-order valence-corrected chi connectivity index (χ2v) is 4.72. The molecule has 3 rings (SSSR count). The van der Waals surface area contributed by atoms with Crippen molar-refractivity contribution < 1.29 is 19.4 Å². The second-order valence-electron chi connectivity index (χ2n) is 4.72. The average Bonchev–Trinajstić information content (AvgIpc) is 2.51. The van der Waals surface area contributed by atoms with E-state index in [1.165, 1.54) is 6.07 Å². The van der Waals surface area contributed by atoms with E-state index in [4.69, 9.17) is 9.15 Å². The Morgan fingerprint density at radius 1 is 1.09 bits per heavy atom. The van der Waals surface area contributed by atoms with Gasteiger partial charge in [-0.25, -0.2) is 0 Å². The second kappa shape index (κ2) is 5.44. The molecule has 1 aromatic heterocycles. The van der Waals surface area contributed by atoms with Gasteiger partial charge in [0.25, 0.3) is 0 Å². The van der Waals surface area contributed by atoms with E-state index < -0.39 is 5.43 Å². The van der Waals surface area contributed by atoms with Gasteiger partial charge < -0.3 is 19.4 Å². The van der Waals surface area contributed by atoms with Gasteiger partial charge in [0.2, 0.25) is 5.75 Å². The van der Waals surface area contributed by atoms with Crippen molar-refractivity contribution in [2.24, 2.45) is 0 Å². The lowest BCUT2D eigenvalue weighted by Crippen LogP contribution is -2.03. The smallest absolute Gasteiger partial charge is 0.205 e. The van der Waals surface area contributed by atoms with Crippen molar-refractivity contribution in [1.29, 1.82) is 0 Å². The Labute approximate surface area is 126 Å². The summed E-state index contributed by atoms with van der Waals surface area (Å²) in [7, 11) is 0. The number of phenolic OH excluding ortho intramolecular Hbond substituents is 2. The molecule has 0 fully saturated rings. The molecule has 22 heavy (non-hydrogen) atoms. The molecule has 0 atom stereocenters. The molecule has 0 bridgehead atoms. The Hall–Kier alpha value is -2.95. The van der Waals surface area contributed by atoms with Gasteiger partial charge in [-0.3, -0.25) is 4.79 Å². The summed E-state index contributed by atoms with van der Waals surface area (Å²) in [6.45, 7) is 2.03. The summed E-state index contributed by atoms with van der Waals surface area (Å²) < 4.78 is 11.1. The number of hydrogen-bond acceptors (Lipinski definition) is 5. The van der Waals surface area contributed by atoms with Gasteiger partial charge in [0.1, 0.15) is 16.9 Å². The fourth-order valence-corrected chi connectivity index (χ4v) is 2.31. The molecule has 112 valence electrons. The molecular formula is C17H14O5. The quantitative estimate of drug-likeness (QED) is 0.775. The first kappa shape index (κ1) is 14.0. The predicted molar refractivity (Wildman–Crippen MR) is 82.4 cm³/mol. The molecule has 5 nitrogen and oxygen atoms in total. The van der Waals surface area contributed by atoms with Gasteiger partial charge in [0.15, 0.2) is 16.8 Å². The van der Waals surface area contributed by atoms with E-state index in [1.54, 1.807) is 19.1 Å². The first-order valence-corrected chi connectivity index (χ1v) is 6.82. The minimum atomic E-state index is -0.404.